The molecule has 0 aliphatic carbocycles. The molecule has 0 radical (unpaired) electrons. The summed E-state index contributed by atoms with van der Waals surface area (Å²) in [6.07, 6.45) is 6.62. The van der Waals surface area contributed by atoms with Gasteiger partial charge in [0.25, 0.3) is 0 Å². The van der Waals surface area contributed by atoms with E-state index >= 15 is 0 Å². The predicted molar refractivity (Wildman–Crippen MR) is 34.4 cm³/mol. The van der Waals surface area contributed by atoms with Crippen molar-refractivity contribution in [3.8, 4) is 0 Å². The fourth-order valence-corrected chi connectivity index (χ4v) is 0.575. The number of unbranched alkanes of at least 4 members (excludes halogenated alkanes) is 3. The van der Waals surface area contributed by atoms with Crippen LogP contribution in [-0.2, 0) is 0 Å². The summed E-state index contributed by atoms with van der Waals surface area (Å²) >= 11 is 0. The summed E-state index contributed by atoms with van der Waals surface area (Å²) in [6, 6.07) is 0. The van der Waals surface area contributed by atoms with E-state index in [1.54, 1.807) is 6.08 Å². The van der Waals surface area contributed by atoms with E-state index in [1.807, 2.05) is 0 Å². The fraction of sp³-hybridized carbons (Fsp3) is 0.714. The van der Waals surface area contributed by atoms with Gasteiger partial charge in [0.2, 0.25) is 0 Å². The van der Waals surface area contributed by atoms with Crippen molar-refractivity contribution in [3.63, 3.8) is 0 Å². The van der Waals surface area contributed by atoms with Crippen LogP contribution in [0.2, 0.25) is 0 Å². The Labute approximate surface area is 50.4 Å². The Morgan fingerprint density at radius 1 is 1.38 bits per heavy atom. The summed E-state index contributed by atoms with van der Waals surface area (Å²) in [4.78, 5) is 0. The molecular formula is C7H13F. The van der Waals surface area contributed by atoms with Gasteiger partial charge in [-0.3, -0.25) is 0 Å². The third-order valence-corrected chi connectivity index (χ3v) is 1.06. The molecule has 0 N–H and O–H groups in total. The van der Waals surface area contributed by atoms with E-state index in [1.165, 1.54) is 12.8 Å². The Morgan fingerprint density at radius 2 is 2.12 bits per heavy atom. The first-order chi connectivity index (χ1) is 3.91. The monoisotopic (exact) mass is 116 g/mol. The van der Waals surface area contributed by atoms with Crippen LogP contribution < -0.4 is 0 Å². The lowest BCUT2D eigenvalue weighted by atomic mass is 10.2. The molecule has 0 fully saturated rings. The normalized spacial score (nSPS) is 10.8. The van der Waals surface area contributed by atoms with Crippen molar-refractivity contribution >= 4 is 0 Å². The van der Waals surface area contributed by atoms with E-state index < -0.39 is 0 Å². The molecule has 0 atom stereocenters. The quantitative estimate of drug-likeness (QED) is 0.495. The highest BCUT2D eigenvalue weighted by atomic mass is 19.1. The van der Waals surface area contributed by atoms with Gasteiger partial charge < -0.3 is 0 Å². The molecule has 48 valence electrons. The summed E-state index contributed by atoms with van der Waals surface area (Å²) in [5.74, 6) is 0. The SMILES string of the molecule is CCCCCC=CF. The summed E-state index contributed by atoms with van der Waals surface area (Å²) in [5, 5.41) is 0. The van der Waals surface area contributed by atoms with Crippen molar-refractivity contribution < 1.29 is 4.39 Å². The highest BCUT2D eigenvalue weighted by molar-refractivity contribution is 4.70. The van der Waals surface area contributed by atoms with Crippen molar-refractivity contribution in [1.29, 1.82) is 0 Å². The molecule has 0 aromatic heterocycles. The molecule has 1 heteroatoms. The van der Waals surface area contributed by atoms with Crippen molar-refractivity contribution in [2.45, 2.75) is 32.6 Å². The summed E-state index contributed by atoms with van der Waals surface area (Å²) < 4.78 is 11.2. The first kappa shape index (κ1) is 7.67. The maximum atomic E-state index is 11.2. The number of hydrogen-bond donors (Lipinski definition) is 0. The second-order valence-corrected chi connectivity index (χ2v) is 1.86. The number of rotatable bonds is 4. The number of hydrogen-bond acceptors (Lipinski definition) is 0. The molecule has 0 bridgehead atoms. The molecule has 0 nitrogen and oxygen atoms in total. The van der Waals surface area contributed by atoms with E-state index in [9.17, 15) is 4.39 Å². The predicted octanol–water partition coefficient (Wildman–Crippen LogP) is 3.05. The lowest BCUT2D eigenvalue weighted by Gasteiger charge is -1.88. The number of halogens is 1. The van der Waals surface area contributed by atoms with Gasteiger partial charge in [0.1, 0.15) is 0 Å². The van der Waals surface area contributed by atoms with Crippen LogP contribution in [0.15, 0.2) is 12.4 Å². The van der Waals surface area contributed by atoms with Gasteiger partial charge in [0, 0.05) is 0 Å². The molecule has 0 rings (SSSR count). The fourth-order valence-electron chi connectivity index (χ4n) is 0.575. The van der Waals surface area contributed by atoms with Gasteiger partial charge in [-0.25, -0.2) is 4.39 Å². The highest BCUT2D eigenvalue weighted by Crippen LogP contribution is 1.98. The molecule has 0 spiro atoms. The Balaban J connectivity index is 2.72. The maximum Gasteiger partial charge on any atom is 0.0827 e. The molecule has 0 aliphatic heterocycles. The molecular weight excluding hydrogens is 103 g/mol. The molecule has 0 unspecified atom stereocenters. The summed E-state index contributed by atoms with van der Waals surface area (Å²) in [7, 11) is 0. The number of allylic oxidation sites excluding steroid dienone is 1. The van der Waals surface area contributed by atoms with Gasteiger partial charge in [-0.05, 0) is 12.8 Å². The third kappa shape index (κ3) is 5.67. The van der Waals surface area contributed by atoms with Crippen molar-refractivity contribution in [2.24, 2.45) is 0 Å². The van der Waals surface area contributed by atoms with Crippen molar-refractivity contribution in [2.75, 3.05) is 0 Å². The Hall–Kier alpha value is -0.330. The molecule has 0 heterocycles. The smallest absolute Gasteiger partial charge is 0.0827 e. The van der Waals surface area contributed by atoms with Gasteiger partial charge in [-0.2, -0.15) is 0 Å². The highest BCUT2D eigenvalue weighted by Gasteiger charge is 1.79. The van der Waals surface area contributed by atoms with E-state index in [2.05, 4.69) is 6.92 Å². The molecule has 0 aromatic rings. The Kier molecular flexibility index (Phi) is 6.39. The average molecular weight is 116 g/mol. The molecule has 0 aromatic carbocycles. The zero-order chi connectivity index (χ0) is 6.24. The Morgan fingerprint density at radius 3 is 2.62 bits per heavy atom. The molecule has 0 amide bonds. The van der Waals surface area contributed by atoms with Crippen LogP contribution in [0.1, 0.15) is 32.6 Å². The third-order valence-electron chi connectivity index (χ3n) is 1.06. The lowest BCUT2D eigenvalue weighted by Crippen LogP contribution is -1.68. The van der Waals surface area contributed by atoms with Gasteiger partial charge in [-0.1, -0.05) is 25.8 Å². The first-order valence-corrected chi connectivity index (χ1v) is 3.17. The van der Waals surface area contributed by atoms with Crippen LogP contribution in [0, 0.1) is 0 Å². The maximum absolute atomic E-state index is 11.2. The van der Waals surface area contributed by atoms with Crippen molar-refractivity contribution in [3.05, 3.63) is 12.4 Å². The van der Waals surface area contributed by atoms with E-state index in [0.29, 0.717) is 6.33 Å². The average Bonchev–Trinajstić information content (AvgIpc) is 1.81. The van der Waals surface area contributed by atoms with Crippen LogP contribution in [0.25, 0.3) is 0 Å². The van der Waals surface area contributed by atoms with E-state index in [4.69, 9.17) is 0 Å². The zero-order valence-electron chi connectivity index (χ0n) is 5.36. The zero-order valence-corrected chi connectivity index (χ0v) is 5.36. The van der Waals surface area contributed by atoms with Crippen molar-refractivity contribution in [1.82, 2.24) is 0 Å². The van der Waals surface area contributed by atoms with Crippen LogP contribution >= 0.6 is 0 Å². The minimum atomic E-state index is 0.621. The Bertz CT molecular complexity index is 57.4. The minimum Gasteiger partial charge on any atom is -0.216 e. The summed E-state index contributed by atoms with van der Waals surface area (Å²) in [6.45, 7) is 2.14. The molecule has 8 heavy (non-hydrogen) atoms. The molecule has 0 saturated carbocycles. The standard InChI is InChI=1S/C7H13F/c1-2-3-4-5-6-7-8/h6-7H,2-5H2,1H3. The van der Waals surface area contributed by atoms with Crippen LogP contribution in [0.5, 0.6) is 0 Å². The first-order valence-electron chi connectivity index (χ1n) is 3.17. The van der Waals surface area contributed by atoms with Crippen LogP contribution in [-0.4, -0.2) is 0 Å². The second-order valence-electron chi connectivity index (χ2n) is 1.86. The van der Waals surface area contributed by atoms with Gasteiger partial charge in [-0.15, -0.1) is 0 Å². The van der Waals surface area contributed by atoms with E-state index in [0.717, 1.165) is 12.8 Å². The summed E-state index contributed by atoms with van der Waals surface area (Å²) in [5.41, 5.74) is 0. The van der Waals surface area contributed by atoms with Gasteiger partial charge in [0.05, 0.1) is 6.33 Å². The lowest BCUT2D eigenvalue weighted by molar-refractivity contribution is 0.691. The van der Waals surface area contributed by atoms with Gasteiger partial charge in [0.15, 0.2) is 0 Å². The van der Waals surface area contributed by atoms with E-state index in [-0.39, 0.29) is 0 Å². The van der Waals surface area contributed by atoms with Crippen LogP contribution in [0.4, 0.5) is 4.39 Å². The molecule has 0 aliphatic rings. The molecule has 0 saturated heterocycles. The van der Waals surface area contributed by atoms with Crippen LogP contribution in [0.3, 0.4) is 0 Å². The second kappa shape index (κ2) is 6.67. The van der Waals surface area contributed by atoms with Gasteiger partial charge >= 0.3 is 0 Å². The minimum absolute atomic E-state index is 0.621. The topological polar surface area (TPSA) is 0 Å². The largest absolute Gasteiger partial charge is 0.216 e.